The Hall–Kier alpha value is -3.03. The Morgan fingerprint density at radius 1 is 1.24 bits per heavy atom. The number of carbonyl (C=O) groups excluding carboxylic acids is 2. The standard InChI is InChI=1S/C17H19N3O5/c1-9-13-10(20-23)7-17(2,3)8-12(13)25-14(9)16(22)19-18-15(21)11-5-4-6-24-11/h4-6,23H,7-8H2,1-3H3,(H,18,21)(H,19,22)/b20-10-. The van der Waals surface area contributed by atoms with E-state index in [9.17, 15) is 14.8 Å². The van der Waals surface area contributed by atoms with Crippen LogP contribution < -0.4 is 10.9 Å². The highest BCUT2D eigenvalue weighted by atomic mass is 16.4. The monoisotopic (exact) mass is 345 g/mol. The molecule has 2 heterocycles. The van der Waals surface area contributed by atoms with Gasteiger partial charge in [0, 0.05) is 17.5 Å². The van der Waals surface area contributed by atoms with E-state index in [4.69, 9.17) is 8.83 Å². The van der Waals surface area contributed by atoms with Gasteiger partial charge in [-0.2, -0.15) is 0 Å². The van der Waals surface area contributed by atoms with Gasteiger partial charge in [-0.25, -0.2) is 0 Å². The van der Waals surface area contributed by atoms with Crippen LogP contribution in [0, 0.1) is 12.3 Å². The van der Waals surface area contributed by atoms with Crippen LogP contribution in [0.2, 0.25) is 0 Å². The number of fused-ring (bicyclic) bond motifs is 1. The molecule has 2 amide bonds. The van der Waals surface area contributed by atoms with Crippen molar-refractivity contribution in [2.75, 3.05) is 0 Å². The van der Waals surface area contributed by atoms with Crippen molar-refractivity contribution in [3.05, 3.63) is 46.8 Å². The SMILES string of the molecule is Cc1c(C(=O)NNC(=O)c2ccco2)oc2c1/C(=N\O)CC(C)(C)C2. The lowest BCUT2D eigenvalue weighted by Gasteiger charge is -2.28. The van der Waals surface area contributed by atoms with E-state index in [0.29, 0.717) is 35.4 Å². The molecular formula is C17H19N3O5. The number of nitrogens with one attached hydrogen (secondary N) is 2. The van der Waals surface area contributed by atoms with Crippen LogP contribution in [-0.4, -0.2) is 22.7 Å². The first-order valence-electron chi connectivity index (χ1n) is 7.80. The van der Waals surface area contributed by atoms with Gasteiger partial charge in [0.1, 0.15) is 5.76 Å². The molecule has 0 atom stereocenters. The third-order valence-corrected chi connectivity index (χ3v) is 4.15. The van der Waals surface area contributed by atoms with Gasteiger partial charge in [0.05, 0.1) is 12.0 Å². The minimum Gasteiger partial charge on any atom is -0.459 e. The van der Waals surface area contributed by atoms with Crippen molar-refractivity contribution in [1.29, 1.82) is 0 Å². The van der Waals surface area contributed by atoms with E-state index in [-0.39, 0.29) is 16.9 Å². The molecule has 1 aliphatic carbocycles. The van der Waals surface area contributed by atoms with Gasteiger partial charge in [-0.05, 0) is 30.9 Å². The van der Waals surface area contributed by atoms with Gasteiger partial charge in [0.2, 0.25) is 0 Å². The summed E-state index contributed by atoms with van der Waals surface area (Å²) in [6.45, 7) is 5.78. The minimum absolute atomic E-state index is 0.0728. The van der Waals surface area contributed by atoms with Gasteiger partial charge in [-0.15, -0.1) is 0 Å². The lowest BCUT2D eigenvalue weighted by molar-refractivity contribution is 0.0815. The Morgan fingerprint density at radius 3 is 2.60 bits per heavy atom. The second kappa shape index (κ2) is 6.12. The zero-order valence-corrected chi connectivity index (χ0v) is 14.2. The number of hydrogen-bond acceptors (Lipinski definition) is 6. The average molecular weight is 345 g/mol. The smallest absolute Gasteiger partial charge is 0.305 e. The lowest BCUT2D eigenvalue weighted by atomic mass is 9.75. The van der Waals surface area contributed by atoms with Crippen LogP contribution in [0.15, 0.2) is 32.4 Å². The largest absolute Gasteiger partial charge is 0.459 e. The Balaban J connectivity index is 1.81. The van der Waals surface area contributed by atoms with Gasteiger partial charge in [0.25, 0.3) is 0 Å². The number of nitrogens with zero attached hydrogens (tertiary/aromatic N) is 1. The van der Waals surface area contributed by atoms with Crippen LogP contribution in [0.25, 0.3) is 0 Å². The molecule has 0 fully saturated rings. The number of amides is 2. The summed E-state index contributed by atoms with van der Waals surface area (Å²) in [7, 11) is 0. The van der Waals surface area contributed by atoms with E-state index in [0.717, 1.165) is 0 Å². The fourth-order valence-corrected chi connectivity index (χ4v) is 3.06. The van der Waals surface area contributed by atoms with E-state index >= 15 is 0 Å². The maximum absolute atomic E-state index is 12.4. The summed E-state index contributed by atoms with van der Waals surface area (Å²) in [5, 5.41) is 12.7. The zero-order chi connectivity index (χ0) is 18.2. The maximum Gasteiger partial charge on any atom is 0.305 e. The molecule has 0 aromatic carbocycles. The topological polar surface area (TPSA) is 117 Å². The number of oxime groups is 1. The third-order valence-electron chi connectivity index (χ3n) is 4.15. The Morgan fingerprint density at radius 2 is 1.96 bits per heavy atom. The number of furan rings is 2. The van der Waals surface area contributed by atoms with Crippen LogP contribution in [0.4, 0.5) is 0 Å². The molecule has 0 aliphatic heterocycles. The molecule has 0 unspecified atom stereocenters. The first kappa shape index (κ1) is 16.8. The van der Waals surface area contributed by atoms with Crippen LogP contribution >= 0.6 is 0 Å². The molecule has 0 radical (unpaired) electrons. The summed E-state index contributed by atoms with van der Waals surface area (Å²) in [4.78, 5) is 24.2. The van der Waals surface area contributed by atoms with Crippen molar-refractivity contribution in [2.45, 2.75) is 33.6 Å². The molecule has 0 saturated carbocycles. The van der Waals surface area contributed by atoms with Crippen molar-refractivity contribution >= 4 is 17.5 Å². The second-order valence-electron chi connectivity index (χ2n) is 6.80. The second-order valence-corrected chi connectivity index (χ2v) is 6.80. The molecular weight excluding hydrogens is 326 g/mol. The van der Waals surface area contributed by atoms with Crippen LogP contribution in [0.1, 0.15) is 58.3 Å². The summed E-state index contributed by atoms with van der Waals surface area (Å²) >= 11 is 0. The van der Waals surface area contributed by atoms with Crippen LogP contribution in [0.5, 0.6) is 0 Å². The molecule has 25 heavy (non-hydrogen) atoms. The van der Waals surface area contributed by atoms with Crippen molar-refractivity contribution in [1.82, 2.24) is 10.9 Å². The molecule has 1 aliphatic rings. The van der Waals surface area contributed by atoms with Gasteiger partial charge in [-0.3, -0.25) is 20.4 Å². The van der Waals surface area contributed by atoms with E-state index in [1.807, 2.05) is 13.8 Å². The fraction of sp³-hybridized carbons (Fsp3) is 0.353. The van der Waals surface area contributed by atoms with Gasteiger partial charge >= 0.3 is 11.8 Å². The van der Waals surface area contributed by atoms with E-state index in [1.165, 1.54) is 12.3 Å². The Bertz CT molecular complexity index is 846. The third kappa shape index (κ3) is 3.15. The van der Waals surface area contributed by atoms with E-state index < -0.39 is 11.8 Å². The van der Waals surface area contributed by atoms with Gasteiger partial charge < -0.3 is 14.0 Å². The predicted octanol–water partition coefficient (Wildman–Crippen LogP) is 2.41. The fourth-order valence-electron chi connectivity index (χ4n) is 3.06. The van der Waals surface area contributed by atoms with E-state index in [1.54, 1.807) is 13.0 Å². The van der Waals surface area contributed by atoms with Crippen molar-refractivity contribution < 1.29 is 23.6 Å². The van der Waals surface area contributed by atoms with Crippen molar-refractivity contribution in [2.24, 2.45) is 10.6 Å². The molecule has 0 bridgehead atoms. The summed E-state index contributed by atoms with van der Waals surface area (Å²) in [6, 6.07) is 3.05. The van der Waals surface area contributed by atoms with Crippen LogP contribution in [-0.2, 0) is 6.42 Å². The quantitative estimate of drug-likeness (QED) is 0.571. The van der Waals surface area contributed by atoms with Gasteiger partial charge in [0.15, 0.2) is 11.5 Å². The molecule has 2 aromatic heterocycles. The summed E-state index contributed by atoms with van der Waals surface area (Å²) < 4.78 is 10.7. The first-order valence-corrected chi connectivity index (χ1v) is 7.80. The first-order chi connectivity index (χ1) is 11.8. The summed E-state index contributed by atoms with van der Waals surface area (Å²) in [5.74, 6) is -0.423. The highest BCUT2D eigenvalue weighted by Gasteiger charge is 2.36. The predicted molar refractivity (Wildman–Crippen MR) is 87.5 cm³/mol. The van der Waals surface area contributed by atoms with E-state index in [2.05, 4.69) is 16.0 Å². The van der Waals surface area contributed by atoms with Crippen molar-refractivity contribution in [3.8, 4) is 0 Å². The molecule has 0 saturated heterocycles. The number of hydrogen-bond donors (Lipinski definition) is 3. The Labute approximate surface area is 143 Å². The number of carbonyl (C=O) groups is 2. The Kier molecular flexibility index (Phi) is 4.12. The molecule has 132 valence electrons. The van der Waals surface area contributed by atoms with Crippen LogP contribution in [0.3, 0.4) is 0 Å². The minimum atomic E-state index is -0.595. The zero-order valence-electron chi connectivity index (χ0n) is 14.2. The molecule has 8 nitrogen and oxygen atoms in total. The molecule has 0 spiro atoms. The normalized spacial score (nSPS) is 17.2. The van der Waals surface area contributed by atoms with Crippen molar-refractivity contribution in [3.63, 3.8) is 0 Å². The number of hydrazine groups is 1. The number of rotatable bonds is 2. The molecule has 2 aromatic rings. The molecule has 3 N–H and O–H groups in total. The molecule has 3 rings (SSSR count). The summed E-state index contributed by atoms with van der Waals surface area (Å²) in [6.07, 6.45) is 2.56. The summed E-state index contributed by atoms with van der Waals surface area (Å²) in [5.41, 5.74) is 6.14. The lowest BCUT2D eigenvalue weighted by Crippen LogP contribution is -2.41. The molecule has 8 heteroatoms. The highest BCUT2D eigenvalue weighted by molar-refractivity contribution is 6.06. The highest BCUT2D eigenvalue weighted by Crippen LogP contribution is 2.38. The van der Waals surface area contributed by atoms with Gasteiger partial charge in [-0.1, -0.05) is 19.0 Å². The average Bonchev–Trinajstić information content (AvgIpc) is 3.19. The maximum atomic E-state index is 12.4.